The fourth-order valence-electron chi connectivity index (χ4n) is 2.50. The first-order valence-electron chi connectivity index (χ1n) is 7.28. The number of hydrogen-bond donors (Lipinski definition) is 0. The summed E-state index contributed by atoms with van der Waals surface area (Å²) in [6.45, 7) is 0. The van der Waals surface area contributed by atoms with Crippen molar-refractivity contribution in [2.45, 2.75) is 12.3 Å². The van der Waals surface area contributed by atoms with E-state index in [2.05, 4.69) is 0 Å². The van der Waals surface area contributed by atoms with Crippen molar-refractivity contribution in [3.8, 4) is 6.07 Å². The van der Waals surface area contributed by atoms with Crippen LogP contribution in [0.5, 0.6) is 0 Å². The van der Waals surface area contributed by atoms with Gasteiger partial charge in [-0.05, 0) is 5.56 Å². The van der Waals surface area contributed by atoms with E-state index in [9.17, 15) is 14.9 Å². The van der Waals surface area contributed by atoms with Crippen LogP contribution in [0.25, 0.3) is 0 Å². The van der Waals surface area contributed by atoms with E-state index in [-0.39, 0.29) is 12.2 Å². The molecular formula is C19H17NO3. The molecule has 0 bridgehead atoms. The summed E-state index contributed by atoms with van der Waals surface area (Å²) in [4.78, 5) is 24.4. The standard InChI is InChI=1S/C19H17NO3/c1-23-19(22)17(13-20)16(14-8-4-2-5-9-14)12-18(21)15-10-6-3-7-11-15/h2-11,16-17H,12H2,1H3. The molecule has 4 heteroatoms. The van der Waals surface area contributed by atoms with Crippen LogP contribution in [0.4, 0.5) is 0 Å². The lowest BCUT2D eigenvalue weighted by Crippen LogP contribution is -2.24. The predicted molar refractivity (Wildman–Crippen MR) is 85.7 cm³/mol. The summed E-state index contributed by atoms with van der Waals surface area (Å²) in [5.41, 5.74) is 1.34. The molecule has 2 aromatic rings. The first-order valence-corrected chi connectivity index (χ1v) is 7.28. The Morgan fingerprint density at radius 1 is 1.04 bits per heavy atom. The molecule has 23 heavy (non-hydrogen) atoms. The molecule has 2 rings (SSSR count). The minimum Gasteiger partial charge on any atom is -0.468 e. The molecule has 0 heterocycles. The molecule has 0 aromatic heterocycles. The number of Topliss-reactive ketones (excluding diaryl/α,β-unsaturated/α-hetero) is 1. The van der Waals surface area contributed by atoms with Crippen molar-refractivity contribution < 1.29 is 14.3 Å². The number of esters is 1. The lowest BCUT2D eigenvalue weighted by molar-refractivity contribution is -0.144. The average Bonchev–Trinajstić information content (AvgIpc) is 2.62. The fourth-order valence-corrected chi connectivity index (χ4v) is 2.50. The molecule has 0 saturated carbocycles. The highest BCUT2D eigenvalue weighted by atomic mass is 16.5. The van der Waals surface area contributed by atoms with Gasteiger partial charge < -0.3 is 4.74 Å². The molecule has 2 atom stereocenters. The van der Waals surface area contributed by atoms with Gasteiger partial charge in [-0.2, -0.15) is 5.26 Å². The summed E-state index contributed by atoms with van der Waals surface area (Å²) in [7, 11) is 1.24. The van der Waals surface area contributed by atoms with Gasteiger partial charge >= 0.3 is 5.97 Å². The number of carbonyl (C=O) groups excluding carboxylic acids is 2. The van der Waals surface area contributed by atoms with Crippen LogP contribution >= 0.6 is 0 Å². The van der Waals surface area contributed by atoms with E-state index in [1.165, 1.54) is 7.11 Å². The van der Waals surface area contributed by atoms with Crippen molar-refractivity contribution in [2.24, 2.45) is 5.92 Å². The van der Waals surface area contributed by atoms with Crippen LogP contribution in [0.2, 0.25) is 0 Å². The molecule has 0 saturated heterocycles. The average molecular weight is 307 g/mol. The molecule has 0 amide bonds. The maximum Gasteiger partial charge on any atom is 0.323 e. The number of nitriles is 1. The van der Waals surface area contributed by atoms with Crippen LogP contribution in [0.15, 0.2) is 60.7 Å². The predicted octanol–water partition coefficient (Wildman–Crippen LogP) is 3.36. The third-order valence-electron chi connectivity index (χ3n) is 3.73. The number of ether oxygens (including phenoxy) is 1. The molecule has 2 aromatic carbocycles. The molecule has 0 aliphatic rings. The molecule has 2 unspecified atom stereocenters. The van der Waals surface area contributed by atoms with Crippen molar-refractivity contribution in [3.63, 3.8) is 0 Å². The number of ketones is 1. The summed E-state index contributed by atoms with van der Waals surface area (Å²) >= 11 is 0. The quantitative estimate of drug-likeness (QED) is 0.606. The van der Waals surface area contributed by atoms with Gasteiger partial charge in [0.05, 0.1) is 13.2 Å². The van der Waals surface area contributed by atoms with E-state index in [0.717, 1.165) is 5.56 Å². The zero-order valence-corrected chi connectivity index (χ0v) is 12.8. The smallest absolute Gasteiger partial charge is 0.323 e. The minimum absolute atomic E-state index is 0.0708. The number of rotatable bonds is 6. The molecule has 0 radical (unpaired) electrons. The second-order valence-electron chi connectivity index (χ2n) is 5.14. The normalized spacial score (nSPS) is 12.7. The van der Waals surface area contributed by atoms with Gasteiger partial charge in [-0.15, -0.1) is 0 Å². The van der Waals surface area contributed by atoms with Gasteiger partial charge in [-0.3, -0.25) is 9.59 Å². The molecular weight excluding hydrogens is 290 g/mol. The SMILES string of the molecule is COC(=O)C(C#N)C(CC(=O)c1ccccc1)c1ccccc1. The lowest BCUT2D eigenvalue weighted by Gasteiger charge is -2.20. The van der Waals surface area contributed by atoms with Crippen LogP contribution in [0.3, 0.4) is 0 Å². The minimum atomic E-state index is -1.02. The van der Waals surface area contributed by atoms with Crippen LogP contribution in [0, 0.1) is 17.2 Å². The monoisotopic (exact) mass is 307 g/mol. The van der Waals surface area contributed by atoms with E-state index in [1.807, 2.05) is 42.5 Å². The van der Waals surface area contributed by atoms with Crippen LogP contribution in [-0.2, 0) is 9.53 Å². The van der Waals surface area contributed by atoms with Crippen molar-refractivity contribution in [1.82, 2.24) is 0 Å². The maximum absolute atomic E-state index is 12.5. The van der Waals surface area contributed by atoms with Crippen LogP contribution in [-0.4, -0.2) is 18.9 Å². The van der Waals surface area contributed by atoms with Crippen molar-refractivity contribution in [3.05, 3.63) is 71.8 Å². The highest BCUT2D eigenvalue weighted by Crippen LogP contribution is 2.30. The Balaban J connectivity index is 2.33. The largest absolute Gasteiger partial charge is 0.468 e. The van der Waals surface area contributed by atoms with E-state index < -0.39 is 17.8 Å². The van der Waals surface area contributed by atoms with Gasteiger partial charge in [-0.25, -0.2) is 0 Å². The highest BCUT2D eigenvalue weighted by molar-refractivity contribution is 5.97. The molecule has 0 fully saturated rings. The Labute approximate surface area is 135 Å². The second kappa shape index (κ2) is 7.90. The molecule has 4 nitrogen and oxygen atoms in total. The zero-order chi connectivity index (χ0) is 16.7. The van der Waals surface area contributed by atoms with Crippen molar-refractivity contribution in [2.75, 3.05) is 7.11 Å². The molecule has 116 valence electrons. The van der Waals surface area contributed by atoms with Gasteiger partial charge in [0.25, 0.3) is 0 Å². The summed E-state index contributed by atoms with van der Waals surface area (Å²) in [6, 6.07) is 20.0. The Morgan fingerprint density at radius 3 is 2.13 bits per heavy atom. The third kappa shape index (κ3) is 4.04. The van der Waals surface area contributed by atoms with Crippen molar-refractivity contribution >= 4 is 11.8 Å². The van der Waals surface area contributed by atoms with Gasteiger partial charge in [0.15, 0.2) is 11.7 Å². The molecule has 0 N–H and O–H groups in total. The lowest BCUT2D eigenvalue weighted by atomic mass is 9.82. The number of benzene rings is 2. The van der Waals surface area contributed by atoms with E-state index in [4.69, 9.17) is 4.74 Å². The maximum atomic E-state index is 12.5. The van der Waals surface area contributed by atoms with E-state index in [0.29, 0.717) is 5.56 Å². The fraction of sp³-hybridized carbons (Fsp3) is 0.211. The van der Waals surface area contributed by atoms with Crippen molar-refractivity contribution in [1.29, 1.82) is 5.26 Å². The third-order valence-corrected chi connectivity index (χ3v) is 3.73. The summed E-state index contributed by atoms with van der Waals surface area (Å²) < 4.78 is 4.72. The number of carbonyl (C=O) groups is 2. The number of hydrogen-bond acceptors (Lipinski definition) is 4. The Morgan fingerprint density at radius 2 is 1.61 bits per heavy atom. The van der Waals surface area contributed by atoms with Gasteiger partial charge in [0.1, 0.15) is 0 Å². The number of methoxy groups -OCH3 is 1. The molecule has 0 spiro atoms. The first kappa shape index (κ1) is 16.4. The van der Waals surface area contributed by atoms with Gasteiger partial charge in [0.2, 0.25) is 0 Å². The molecule has 0 aliphatic carbocycles. The van der Waals surface area contributed by atoms with E-state index >= 15 is 0 Å². The highest BCUT2D eigenvalue weighted by Gasteiger charge is 2.32. The summed E-state index contributed by atoms with van der Waals surface area (Å²) in [5.74, 6) is -2.29. The Kier molecular flexibility index (Phi) is 5.65. The van der Waals surface area contributed by atoms with Gasteiger partial charge in [-0.1, -0.05) is 60.7 Å². The van der Waals surface area contributed by atoms with Gasteiger partial charge in [0, 0.05) is 17.9 Å². The second-order valence-corrected chi connectivity index (χ2v) is 5.14. The summed E-state index contributed by atoms with van der Waals surface area (Å²) in [5, 5.41) is 9.38. The summed E-state index contributed by atoms with van der Waals surface area (Å²) in [6.07, 6.45) is 0.0708. The topological polar surface area (TPSA) is 67.2 Å². The van der Waals surface area contributed by atoms with Crippen LogP contribution in [0.1, 0.15) is 28.3 Å². The van der Waals surface area contributed by atoms with E-state index in [1.54, 1.807) is 24.3 Å². The number of nitrogens with zero attached hydrogens (tertiary/aromatic N) is 1. The first-order chi connectivity index (χ1) is 11.2. The zero-order valence-electron chi connectivity index (χ0n) is 12.8. The Bertz CT molecular complexity index is 704. The Hall–Kier alpha value is -2.93. The molecule has 0 aliphatic heterocycles. The van der Waals surface area contributed by atoms with Crippen LogP contribution < -0.4 is 0 Å².